The number of hydrogen-bond acceptors (Lipinski definition) is 4. The van der Waals surface area contributed by atoms with Gasteiger partial charge in [-0.2, -0.15) is 0 Å². The lowest BCUT2D eigenvalue weighted by atomic mass is 9.68. The fourth-order valence-electron chi connectivity index (χ4n) is 2.77. The average Bonchev–Trinajstić information content (AvgIpc) is 2.70. The summed E-state index contributed by atoms with van der Waals surface area (Å²) in [4.78, 5) is 24.7. The summed E-state index contributed by atoms with van der Waals surface area (Å²) in [5.41, 5.74) is -1.34. The standard InChI is InChI=1S/C16H20O4/c1-15(2,3)20-14(19)12-8-7-11(10-17)16(12)9-5-4-6-13(16)18/h4-6,8-9,11,17H,7,10H2,1-3H3/t11-,16+/m1/s1. The van der Waals surface area contributed by atoms with E-state index in [0.29, 0.717) is 12.0 Å². The SMILES string of the molecule is CC(C)(C)OC(=O)C1=CC[C@H](CO)[C@@]12C=CC=CC2=O. The lowest BCUT2D eigenvalue weighted by Crippen LogP contribution is -2.41. The van der Waals surface area contributed by atoms with Crippen LogP contribution >= 0.6 is 0 Å². The number of carbonyl (C=O) groups is 2. The van der Waals surface area contributed by atoms with Crippen molar-refractivity contribution in [2.75, 3.05) is 6.61 Å². The van der Waals surface area contributed by atoms with Crippen molar-refractivity contribution >= 4 is 11.8 Å². The summed E-state index contributed by atoms with van der Waals surface area (Å²) in [6.07, 6.45) is 8.76. The first-order valence-electron chi connectivity index (χ1n) is 6.76. The van der Waals surface area contributed by atoms with E-state index in [4.69, 9.17) is 4.74 Å². The number of ether oxygens (including phenoxy) is 1. The van der Waals surface area contributed by atoms with Gasteiger partial charge in [0.2, 0.25) is 0 Å². The van der Waals surface area contributed by atoms with Gasteiger partial charge in [0.05, 0.1) is 11.0 Å². The second-order valence-electron chi connectivity index (χ2n) is 6.19. The maximum atomic E-state index is 12.4. The maximum absolute atomic E-state index is 12.4. The van der Waals surface area contributed by atoms with Crippen molar-refractivity contribution in [3.8, 4) is 0 Å². The molecule has 2 aliphatic rings. The molecule has 0 fully saturated rings. The zero-order valence-corrected chi connectivity index (χ0v) is 12.1. The fraction of sp³-hybridized carbons (Fsp3) is 0.500. The Hall–Kier alpha value is -1.68. The first kappa shape index (κ1) is 14.7. The summed E-state index contributed by atoms with van der Waals surface area (Å²) in [6, 6.07) is 0. The van der Waals surface area contributed by atoms with Crippen LogP contribution in [0.1, 0.15) is 27.2 Å². The number of carbonyl (C=O) groups excluding carboxylic acids is 2. The van der Waals surface area contributed by atoms with E-state index in [9.17, 15) is 14.7 Å². The predicted molar refractivity (Wildman–Crippen MR) is 74.8 cm³/mol. The Balaban J connectivity index is 2.38. The minimum Gasteiger partial charge on any atom is -0.457 e. The molecule has 108 valence electrons. The van der Waals surface area contributed by atoms with Crippen LogP contribution in [0.5, 0.6) is 0 Å². The Kier molecular flexibility index (Phi) is 3.69. The Morgan fingerprint density at radius 3 is 2.70 bits per heavy atom. The Morgan fingerprint density at radius 2 is 2.15 bits per heavy atom. The molecule has 2 aliphatic carbocycles. The Labute approximate surface area is 118 Å². The molecule has 0 saturated heterocycles. The van der Waals surface area contributed by atoms with Gasteiger partial charge in [0, 0.05) is 12.5 Å². The number of ketones is 1. The van der Waals surface area contributed by atoms with Crippen molar-refractivity contribution in [3.05, 3.63) is 36.0 Å². The third-order valence-electron chi connectivity index (χ3n) is 3.66. The van der Waals surface area contributed by atoms with E-state index in [1.807, 2.05) is 0 Å². The molecule has 20 heavy (non-hydrogen) atoms. The van der Waals surface area contributed by atoms with Gasteiger partial charge in [-0.1, -0.05) is 24.3 Å². The predicted octanol–water partition coefficient (Wildman–Crippen LogP) is 1.95. The van der Waals surface area contributed by atoms with Crippen LogP contribution in [0, 0.1) is 11.3 Å². The molecule has 4 nitrogen and oxygen atoms in total. The normalized spacial score (nSPS) is 28.9. The van der Waals surface area contributed by atoms with Crippen molar-refractivity contribution in [2.24, 2.45) is 11.3 Å². The maximum Gasteiger partial charge on any atom is 0.335 e. The van der Waals surface area contributed by atoms with Gasteiger partial charge in [-0.05, 0) is 33.3 Å². The second-order valence-corrected chi connectivity index (χ2v) is 6.19. The van der Waals surface area contributed by atoms with Crippen LogP contribution in [0.3, 0.4) is 0 Å². The number of rotatable bonds is 2. The largest absolute Gasteiger partial charge is 0.457 e. The molecule has 1 spiro atoms. The average molecular weight is 276 g/mol. The summed E-state index contributed by atoms with van der Waals surface area (Å²) in [7, 11) is 0. The summed E-state index contributed by atoms with van der Waals surface area (Å²) in [6.45, 7) is 5.21. The van der Waals surface area contributed by atoms with Gasteiger partial charge >= 0.3 is 5.97 Å². The number of esters is 1. The number of aliphatic hydroxyl groups excluding tert-OH is 1. The molecule has 0 aromatic carbocycles. The third-order valence-corrected chi connectivity index (χ3v) is 3.66. The molecule has 0 aliphatic heterocycles. The number of hydrogen-bond donors (Lipinski definition) is 1. The zero-order valence-electron chi connectivity index (χ0n) is 12.1. The molecule has 0 bridgehead atoms. The molecule has 0 aromatic heterocycles. The Bertz CT molecular complexity index is 519. The fourth-order valence-corrected chi connectivity index (χ4v) is 2.77. The van der Waals surface area contributed by atoms with E-state index in [2.05, 4.69) is 0 Å². The molecule has 1 N–H and O–H groups in total. The number of aliphatic hydroxyl groups is 1. The second kappa shape index (κ2) is 5.02. The van der Waals surface area contributed by atoms with Gasteiger partial charge in [-0.3, -0.25) is 4.79 Å². The monoisotopic (exact) mass is 276 g/mol. The van der Waals surface area contributed by atoms with Crippen LogP contribution in [0.15, 0.2) is 36.0 Å². The summed E-state index contributed by atoms with van der Waals surface area (Å²) in [5, 5.41) is 9.54. The molecule has 2 atom stereocenters. The van der Waals surface area contributed by atoms with E-state index in [1.165, 1.54) is 6.08 Å². The van der Waals surface area contributed by atoms with E-state index in [0.717, 1.165) is 0 Å². The Morgan fingerprint density at radius 1 is 1.45 bits per heavy atom. The highest BCUT2D eigenvalue weighted by atomic mass is 16.6. The molecule has 0 unspecified atom stereocenters. The van der Waals surface area contributed by atoms with Crippen LogP contribution in [0.4, 0.5) is 0 Å². The lowest BCUT2D eigenvalue weighted by molar-refractivity contribution is -0.152. The highest BCUT2D eigenvalue weighted by molar-refractivity contribution is 6.08. The van der Waals surface area contributed by atoms with E-state index < -0.39 is 17.0 Å². The molecule has 2 rings (SSSR count). The van der Waals surface area contributed by atoms with Gasteiger partial charge in [0.15, 0.2) is 5.78 Å². The van der Waals surface area contributed by atoms with E-state index >= 15 is 0 Å². The van der Waals surface area contributed by atoms with Gasteiger partial charge < -0.3 is 9.84 Å². The topological polar surface area (TPSA) is 63.6 Å². The van der Waals surface area contributed by atoms with Crippen molar-refractivity contribution < 1.29 is 19.4 Å². The molecular formula is C16H20O4. The van der Waals surface area contributed by atoms with Crippen molar-refractivity contribution in [1.29, 1.82) is 0 Å². The molecule has 0 amide bonds. The zero-order chi connectivity index (χ0) is 15.0. The first-order chi connectivity index (χ1) is 9.31. The van der Waals surface area contributed by atoms with Crippen molar-refractivity contribution in [3.63, 3.8) is 0 Å². The van der Waals surface area contributed by atoms with Gasteiger partial charge in [0.1, 0.15) is 5.60 Å². The molecule has 0 saturated carbocycles. The molecule has 0 radical (unpaired) electrons. The first-order valence-corrected chi connectivity index (χ1v) is 6.76. The molecular weight excluding hydrogens is 256 g/mol. The van der Waals surface area contributed by atoms with Crippen LogP contribution in [0.2, 0.25) is 0 Å². The van der Waals surface area contributed by atoms with E-state index in [1.54, 1.807) is 45.1 Å². The van der Waals surface area contributed by atoms with Gasteiger partial charge in [-0.15, -0.1) is 0 Å². The van der Waals surface area contributed by atoms with Gasteiger partial charge in [0.25, 0.3) is 0 Å². The summed E-state index contributed by atoms with van der Waals surface area (Å²) >= 11 is 0. The van der Waals surface area contributed by atoms with Crippen LogP contribution in [0.25, 0.3) is 0 Å². The summed E-state index contributed by atoms with van der Waals surface area (Å²) < 4.78 is 5.39. The molecule has 0 aromatic rings. The number of allylic oxidation sites excluding steroid dienone is 5. The summed E-state index contributed by atoms with van der Waals surface area (Å²) in [5.74, 6) is -0.964. The molecule has 0 heterocycles. The van der Waals surface area contributed by atoms with Crippen LogP contribution in [-0.4, -0.2) is 29.1 Å². The highest BCUT2D eigenvalue weighted by Crippen LogP contribution is 2.48. The smallest absolute Gasteiger partial charge is 0.335 e. The van der Waals surface area contributed by atoms with E-state index in [-0.39, 0.29) is 18.3 Å². The van der Waals surface area contributed by atoms with Gasteiger partial charge in [-0.25, -0.2) is 4.79 Å². The van der Waals surface area contributed by atoms with Crippen molar-refractivity contribution in [1.82, 2.24) is 0 Å². The minimum atomic E-state index is -1.06. The molecule has 4 heteroatoms. The van der Waals surface area contributed by atoms with Crippen molar-refractivity contribution in [2.45, 2.75) is 32.8 Å². The van der Waals surface area contributed by atoms with Crippen LogP contribution in [-0.2, 0) is 14.3 Å². The quantitative estimate of drug-likeness (QED) is 0.783. The minimum absolute atomic E-state index is 0.146. The highest BCUT2D eigenvalue weighted by Gasteiger charge is 2.52. The van der Waals surface area contributed by atoms with Crippen LogP contribution < -0.4 is 0 Å². The lowest BCUT2D eigenvalue weighted by Gasteiger charge is -2.34. The third kappa shape index (κ3) is 2.36.